The summed E-state index contributed by atoms with van der Waals surface area (Å²) < 4.78 is 10.7. The van der Waals surface area contributed by atoms with Crippen LogP contribution < -0.4 is 25.0 Å². The molecule has 4 rings (SSSR count). The van der Waals surface area contributed by atoms with E-state index in [0.29, 0.717) is 55.0 Å². The van der Waals surface area contributed by atoms with Crippen molar-refractivity contribution < 1.29 is 14.3 Å². The van der Waals surface area contributed by atoms with Gasteiger partial charge in [-0.2, -0.15) is 0 Å². The maximum Gasteiger partial charge on any atom is 0.322 e. The molecule has 3 heterocycles. The lowest BCUT2D eigenvalue weighted by molar-refractivity contribution is 0.208. The highest BCUT2D eigenvalue weighted by Gasteiger charge is 2.24. The Balaban J connectivity index is 1.40. The maximum atomic E-state index is 12.9. The number of aryl methyl sites for hydroxylation is 2. The number of anilines is 4. The van der Waals surface area contributed by atoms with Gasteiger partial charge in [0.25, 0.3) is 0 Å². The summed E-state index contributed by atoms with van der Waals surface area (Å²) in [5.41, 5.74) is 1.69. The highest BCUT2D eigenvalue weighted by Crippen LogP contribution is 2.34. The van der Waals surface area contributed by atoms with E-state index >= 15 is 0 Å². The molecule has 0 unspecified atom stereocenters. The molecule has 10 nitrogen and oxygen atoms in total. The molecule has 3 aromatic rings. The van der Waals surface area contributed by atoms with Crippen molar-refractivity contribution in [2.24, 2.45) is 0 Å². The molecule has 178 valence electrons. The minimum Gasteiger partial charge on any atom is -0.493 e. The van der Waals surface area contributed by atoms with Crippen LogP contribution in [-0.2, 0) is 0 Å². The third-order valence-electron chi connectivity index (χ3n) is 5.53. The number of hydrogen-bond donors (Lipinski definition) is 2. The Kier molecular flexibility index (Phi) is 6.95. The van der Waals surface area contributed by atoms with Crippen LogP contribution in [0.2, 0.25) is 0 Å². The minimum atomic E-state index is -0.182. The largest absolute Gasteiger partial charge is 0.493 e. The van der Waals surface area contributed by atoms with Gasteiger partial charge >= 0.3 is 6.03 Å². The number of nitrogens with zero attached hydrogens (tertiary/aromatic N) is 5. The second-order valence-corrected chi connectivity index (χ2v) is 7.95. The number of ether oxygens (including phenoxy) is 2. The topological polar surface area (TPSA) is 105 Å². The number of methoxy groups -OCH3 is 2. The van der Waals surface area contributed by atoms with Gasteiger partial charge in [0.2, 0.25) is 0 Å². The van der Waals surface area contributed by atoms with Gasteiger partial charge in [0.1, 0.15) is 23.3 Å². The van der Waals surface area contributed by atoms with Gasteiger partial charge in [-0.05, 0) is 43.7 Å². The Morgan fingerprint density at radius 3 is 2.47 bits per heavy atom. The summed E-state index contributed by atoms with van der Waals surface area (Å²) in [6.45, 7) is 6.31. The summed E-state index contributed by atoms with van der Waals surface area (Å²) in [7, 11) is 3.12. The third kappa shape index (κ3) is 5.28. The predicted molar refractivity (Wildman–Crippen MR) is 131 cm³/mol. The van der Waals surface area contributed by atoms with Crippen LogP contribution in [0.25, 0.3) is 0 Å². The van der Waals surface area contributed by atoms with Crippen molar-refractivity contribution in [1.82, 2.24) is 19.9 Å². The first-order valence-electron chi connectivity index (χ1n) is 11.0. The van der Waals surface area contributed by atoms with Gasteiger partial charge in [0.05, 0.1) is 19.9 Å². The normalized spacial score (nSPS) is 13.4. The summed E-state index contributed by atoms with van der Waals surface area (Å²) in [5.74, 6) is 3.96. The third-order valence-corrected chi connectivity index (χ3v) is 5.53. The van der Waals surface area contributed by atoms with Gasteiger partial charge in [-0.15, -0.1) is 0 Å². The standard InChI is InChI=1S/C24H29N7O3/c1-16-8-9-25-20(14-16)29-21-15-22(27-17(2)26-21)30-10-12-31(13-11-30)24(32)28-18-6-5-7-19(33-3)23(18)34-4/h5-9,14-15H,10-13H2,1-4H3,(H,28,32)(H,25,26,27,29). The second kappa shape index (κ2) is 10.2. The van der Waals surface area contributed by atoms with E-state index in [2.05, 4.69) is 30.5 Å². The minimum absolute atomic E-state index is 0.182. The highest BCUT2D eigenvalue weighted by atomic mass is 16.5. The molecular formula is C24H29N7O3. The second-order valence-electron chi connectivity index (χ2n) is 7.95. The first-order valence-corrected chi connectivity index (χ1v) is 11.0. The van der Waals surface area contributed by atoms with Crippen LogP contribution in [0.3, 0.4) is 0 Å². The maximum absolute atomic E-state index is 12.9. The zero-order valence-electron chi connectivity index (χ0n) is 19.8. The molecule has 1 aliphatic heterocycles. The molecule has 0 spiro atoms. The first kappa shape index (κ1) is 23.1. The Hall–Kier alpha value is -4.08. The quantitative estimate of drug-likeness (QED) is 0.571. The molecule has 0 aliphatic carbocycles. The summed E-state index contributed by atoms with van der Waals surface area (Å²) in [5, 5.41) is 6.19. The number of carbonyl (C=O) groups is 1. The van der Waals surface area contributed by atoms with Crippen molar-refractivity contribution in [3.05, 3.63) is 54.0 Å². The smallest absolute Gasteiger partial charge is 0.322 e. The Morgan fingerprint density at radius 2 is 1.76 bits per heavy atom. The highest BCUT2D eigenvalue weighted by molar-refractivity contribution is 5.91. The average molecular weight is 464 g/mol. The number of piperazine rings is 1. The molecule has 2 amide bonds. The number of pyridine rings is 1. The van der Waals surface area contributed by atoms with Gasteiger partial charge in [-0.25, -0.2) is 19.7 Å². The molecule has 0 radical (unpaired) electrons. The van der Waals surface area contributed by atoms with Crippen LogP contribution in [0.1, 0.15) is 11.4 Å². The zero-order valence-corrected chi connectivity index (χ0v) is 19.8. The average Bonchev–Trinajstić information content (AvgIpc) is 2.83. The number of para-hydroxylation sites is 1. The van der Waals surface area contributed by atoms with Gasteiger partial charge < -0.3 is 29.9 Å². The first-order chi connectivity index (χ1) is 16.5. The number of urea groups is 1. The van der Waals surface area contributed by atoms with E-state index in [0.717, 1.165) is 17.2 Å². The Labute approximate surface area is 198 Å². The zero-order chi connectivity index (χ0) is 24.1. The lowest BCUT2D eigenvalue weighted by atomic mass is 10.2. The monoisotopic (exact) mass is 463 g/mol. The van der Waals surface area contributed by atoms with E-state index in [1.165, 1.54) is 0 Å². The molecule has 2 aromatic heterocycles. The van der Waals surface area contributed by atoms with Crippen LogP contribution in [0, 0.1) is 13.8 Å². The van der Waals surface area contributed by atoms with Crippen molar-refractivity contribution in [2.45, 2.75) is 13.8 Å². The number of nitrogens with one attached hydrogen (secondary N) is 2. The molecule has 1 saturated heterocycles. The van der Waals surface area contributed by atoms with E-state index in [1.807, 2.05) is 38.1 Å². The van der Waals surface area contributed by atoms with Crippen molar-refractivity contribution in [3.63, 3.8) is 0 Å². The summed E-state index contributed by atoms with van der Waals surface area (Å²) in [6, 6.07) is 11.0. The SMILES string of the molecule is COc1cccc(NC(=O)N2CCN(c3cc(Nc4cc(C)ccn4)nc(C)n3)CC2)c1OC. The van der Waals surface area contributed by atoms with Crippen LogP contribution >= 0.6 is 0 Å². The molecular weight excluding hydrogens is 434 g/mol. The fourth-order valence-corrected chi connectivity index (χ4v) is 3.83. The molecule has 0 atom stereocenters. The molecule has 34 heavy (non-hydrogen) atoms. The molecule has 1 aliphatic rings. The van der Waals surface area contributed by atoms with Crippen molar-refractivity contribution >= 4 is 29.2 Å². The molecule has 0 bridgehead atoms. The lowest BCUT2D eigenvalue weighted by Gasteiger charge is -2.35. The Bertz CT molecular complexity index is 1160. The number of aromatic nitrogens is 3. The number of amides is 2. The number of rotatable bonds is 6. The van der Waals surface area contributed by atoms with Gasteiger partial charge in [0.15, 0.2) is 11.5 Å². The number of carbonyl (C=O) groups excluding carboxylic acids is 1. The molecule has 1 fully saturated rings. The Morgan fingerprint density at radius 1 is 0.971 bits per heavy atom. The number of hydrogen-bond acceptors (Lipinski definition) is 8. The molecule has 0 saturated carbocycles. The summed E-state index contributed by atoms with van der Waals surface area (Å²) in [4.78, 5) is 30.2. The van der Waals surface area contributed by atoms with Gasteiger partial charge in [-0.3, -0.25) is 0 Å². The van der Waals surface area contributed by atoms with E-state index in [-0.39, 0.29) is 6.03 Å². The van der Waals surface area contributed by atoms with Crippen molar-refractivity contribution in [3.8, 4) is 11.5 Å². The van der Waals surface area contributed by atoms with E-state index in [9.17, 15) is 4.79 Å². The van der Waals surface area contributed by atoms with Crippen molar-refractivity contribution in [1.29, 1.82) is 0 Å². The molecule has 2 N–H and O–H groups in total. The van der Waals surface area contributed by atoms with Gasteiger partial charge in [-0.1, -0.05) is 6.07 Å². The fourth-order valence-electron chi connectivity index (χ4n) is 3.83. The fraction of sp³-hybridized carbons (Fsp3) is 0.333. The van der Waals surface area contributed by atoms with E-state index in [4.69, 9.17) is 9.47 Å². The van der Waals surface area contributed by atoms with Crippen LogP contribution in [0.15, 0.2) is 42.6 Å². The number of benzene rings is 1. The predicted octanol–water partition coefficient (Wildman–Crippen LogP) is 3.60. The summed E-state index contributed by atoms with van der Waals surface area (Å²) >= 11 is 0. The van der Waals surface area contributed by atoms with Crippen molar-refractivity contribution in [2.75, 3.05) is 55.9 Å². The van der Waals surface area contributed by atoms with Crippen LogP contribution in [0.4, 0.5) is 27.9 Å². The van der Waals surface area contributed by atoms with E-state index in [1.54, 1.807) is 37.4 Å². The van der Waals surface area contributed by atoms with Crippen LogP contribution in [0.5, 0.6) is 11.5 Å². The summed E-state index contributed by atoms with van der Waals surface area (Å²) in [6.07, 6.45) is 1.76. The van der Waals surface area contributed by atoms with Crippen LogP contribution in [-0.4, -0.2) is 66.3 Å². The van der Waals surface area contributed by atoms with Gasteiger partial charge in [0, 0.05) is 38.4 Å². The molecule has 10 heteroatoms. The molecule has 1 aromatic carbocycles. The lowest BCUT2D eigenvalue weighted by Crippen LogP contribution is -2.50. The van der Waals surface area contributed by atoms with E-state index < -0.39 is 0 Å².